The molecule has 1 aromatic rings. The van der Waals surface area contributed by atoms with Crippen molar-refractivity contribution in [3.8, 4) is 0 Å². The number of pyridine rings is 1. The first kappa shape index (κ1) is 18.9. The number of aliphatic imine (C=N–C) groups is 1. The number of thioether (sulfide) groups is 1. The van der Waals surface area contributed by atoms with Gasteiger partial charge in [-0.25, -0.2) is 9.98 Å². The third-order valence-corrected chi connectivity index (χ3v) is 5.49. The monoisotopic (exact) mass is 349 g/mol. The summed E-state index contributed by atoms with van der Waals surface area (Å²) in [5.41, 5.74) is 1.14. The van der Waals surface area contributed by atoms with Gasteiger partial charge < -0.3 is 15.5 Å². The van der Waals surface area contributed by atoms with Crippen molar-refractivity contribution in [3.05, 3.63) is 23.9 Å². The van der Waals surface area contributed by atoms with Crippen LogP contribution in [0.4, 0.5) is 5.82 Å². The van der Waals surface area contributed by atoms with Crippen LogP contribution in [-0.2, 0) is 6.54 Å². The summed E-state index contributed by atoms with van der Waals surface area (Å²) in [6, 6.07) is 4.26. The summed E-state index contributed by atoms with van der Waals surface area (Å²) in [5.74, 6) is 1.95. The zero-order valence-electron chi connectivity index (χ0n) is 15.4. The molecular weight excluding hydrogens is 318 g/mol. The Hall–Kier alpha value is -1.43. The van der Waals surface area contributed by atoms with E-state index in [0.717, 1.165) is 43.5 Å². The number of aromatic nitrogens is 1. The first-order chi connectivity index (χ1) is 11.5. The summed E-state index contributed by atoms with van der Waals surface area (Å²) < 4.78 is 0.190. The summed E-state index contributed by atoms with van der Waals surface area (Å²) in [6.07, 6.45) is 6.64. The summed E-state index contributed by atoms with van der Waals surface area (Å²) in [4.78, 5) is 11.6. The van der Waals surface area contributed by atoms with E-state index in [1.165, 1.54) is 12.8 Å². The molecular formula is C18H31N5S. The van der Waals surface area contributed by atoms with Crippen molar-refractivity contribution in [2.24, 2.45) is 4.99 Å². The highest BCUT2D eigenvalue weighted by atomic mass is 32.2. The van der Waals surface area contributed by atoms with Crippen molar-refractivity contribution in [1.29, 1.82) is 0 Å². The Labute approximate surface area is 150 Å². The zero-order chi connectivity index (χ0) is 17.4. The predicted octanol–water partition coefficient (Wildman–Crippen LogP) is 2.88. The van der Waals surface area contributed by atoms with Crippen molar-refractivity contribution in [3.63, 3.8) is 0 Å². The lowest BCUT2D eigenvalue weighted by Crippen LogP contribution is -2.43. The van der Waals surface area contributed by atoms with Crippen LogP contribution >= 0.6 is 11.8 Å². The highest BCUT2D eigenvalue weighted by molar-refractivity contribution is 7.99. The van der Waals surface area contributed by atoms with E-state index in [2.05, 4.69) is 64.7 Å². The van der Waals surface area contributed by atoms with E-state index in [9.17, 15) is 0 Å². The average molecular weight is 350 g/mol. The SMILES string of the molecule is CCNC(=NCc1ccc(N2CCCC2)nc1)NCC(C)(C)SC. The molecule has 0 unspecified atom stereocenters. The van der Waals surface area contributed by atoms with E-state index < -0.39 is 0 Å². The van der Waals surface area contributed by atoms with E-state index in [1.54, 1.807) is 0 Å². The van der Waals surface area contributed by atoms with Gasteiger partial charge in [0.2, 0.25) is 0 Å². The van der Waals surface area contributed by atoms with Crippen LogP contribution in [0.5, 0.6) is 0 Å². The highest BCUT2D eigenvalue weighted by Gasteiger charge is 2.16. The van der Waals surface area contributed by atoms with Crippen LogP contribution in [-0.4, -0.2) is 48.1 Å². The number of rotatable bonds is 7. The van der Waals surface area contributed by atoms with Gasteiger partial charge in [-0.1, -0.05) is 6.07 Å². The summed E-state index contributed by atoms with van der Waals surface area (Å²) >= 11 is 1.86. The van der Waals surface area contributed by atoms with Crippen LogP contribution in [0.1, 0.15) is 39.2 Å². The normalized spacial score (nSPS) is 15.7. The minimum absolute atomic E-state index is 0.190. The summed E-state index contributed by atoms with van der Waals surface area (Å²) in [7, 11) is 0. The molecule has 0 aromatic carbocycles. The van der Waals surface area contributed by atoms with E-state index in [-0.39, 0.29) is 4.75 Å². The van der Waals surface area contributed by atoms with E-state index >= 15 is 0 Å². The molecule has 0 aliphatic carbocycles. The fourth-order valence-corrected chi connectivity index (χ4v) is 2.74. The third kappa shape index (κ3) is 5.89. The summed E-state index contributed by atoms with van der Waals surface area (Å²) in [6.45, 7) is 11.2. The maximum absolute atomic E-state index is 4.68. The smallest absolute Gasteiger partial charge is 0.191 e. The molecule has 134 valence electrons. The van der Waals surface area contributed by atoms with Gasteiger partial charge in [-0.05, 0) is 51.5 Å². The van der Waals surface area contributed by atoms with Gasteiger partial charge in [0.15, 0.2) is 5.96 Å². The van der Waals surface area contributed by atoms with Gasteiger partial charge in [0.25, 0.3) is 0 Å². The highest BCUT2D eigenvalue weighted by Crippen LogP contribution is 2.19. The first-order valence-electron chi connectivity index (χ1n) is 8.81. The molecule has 2 N–H and O–H groups in total. The minimum Gasteiger partial charge on any atom is -0.357 e. The third-order valence-electron chi connectivity index (χ3n) is 4.24. The number of guanidine groups is 1. The fraction of sp³-hybridized carbons (Fsp3) is 0.667. The second-order valence-corrected chi connectivity index (χ2v) is 8.24. The second kappa shape index (κ2) is 9.16. The van der Waals surface area contributed by atoms with Crippen LogP contribution in [0, 0.1) is 0 Å². The number of anilines is 1. The number of hydrogen-bond acceptors (Lipinski definition) is 4. The van der Waals surface area contributed by atoms with Gasteiger partial charge in [-0.2, -0.15) is 11.8 Å². The molecule has 24 heavy (non-hydrogen) atoms. The molecule has 0 amide bonds. The second-order valence-electron chi connectivity index (χ2n) is 6.73. The Bertz CT molecular complexity index is 521. The average Bonchev–Trinajstić information content (AvgIpc) is 3.12. The molecule has 5 nitrogen and oxygen atoms in total. The van der Waals surface area contributed by atoms with Crippen molar-refractivity contribution in [2.45, 2.75) is 44.9 Å². The molecule has 0 radical (unpaired) electrons. The van der Waals surface area contributed by atoms with Crippen LogP contribution in [0.25, 0.3) is 0 Å². The van der Waals surface area contributed by atoms with Crippen molar-refractivity contribution < 1.29 is 0 Å². The molecule has 2 heterocycles. The molecule has 2 rings (SSSR count). The summed E-state index contributed by atoms with van der Waals surface area (Å²) in [5, 5.41) is 6.73. The number of hydrogen-bond donors (Lipinski definition) is 2. The Morgan fingerprint density at radius 1 is 1.29 bits per heavy atom. The van der Waals surface area contributed by atoms with Crippen LogP contribution in [0.2, 0.25) is 0 Å². The molecule has 1 aliphatic heterocycles. The largest absolute Gasteiger partial charge is 0.357 e. The van der Waals surface area contributed by atoms with Crippen molar-refractivity contribution in [1.82, 2.24) is 15.6 Å². The van der Waals surface area contributed by atoms with Crippen molar-refractivity contribution in [2.75, 3.05) is 37.3 Å². The maximum Gasteiger partial charge on any atom is 0.191 e. The molecule has 1 saturated heterocycles. The molecule has 6 heteroatoms. The van der Waals surface area contributed by atoms with Gasteiger partial charge in [-0.15, -0.1) is 0 Å². The lowest BCUT2D eigenvalue weighted by molar-refractivity contribution is 0.665. The standard InChI is InChI=1S/C18H31N5S/c1-5-19-17(22-14-18(2,3)24-4)21-13-15-8-9-16(20-12-15)23-10-6-7-11-23/h8-9,12H,5-7,10-11,13-14H2,1-4H3,(H2,19,21,22). The molecule has 0 atom stereocenters. The van der Waals surface area contributed by atoms with Crippen LogP contribution < -0.4 is 15.5 Å². The van der Waals surface area contributed by atoms with Gasteiger partial charge in [0, 0.05) is 37.1 Å². The Morgan fingerprint density at radius 3 is 2.62 bits per heavy atom. The van der Waals surface area contributed by atoms with Crippen LogP contribution in [0.3, 0.4) is 0 Å². The van der Waals surface area contributed by atoms with Crippen molar-refractivity contribution >= 4 is 23.5 Å². The molecule has 1 aliphatic rings. The quantitative estimate of drug-likeness (QED) is 0.586. The topological polar surface area (TPSA) is 52.6 Å². The Kier molecular flexibility index (Phi) is 7.21. The predicted molar refractivity (Wildman–Crippen MR) is 106 cm³/mol. The lowest BCUT2D eigenvalue weighted by Gasteiger charge is -2.23. The molecule has 0 spiro atoms. The fourth-order valence-electron chi connectivity index (χ4n) is 2.52. The van der Waals surface area contributed by atoms with Gasteiger partial charge in [-0.3, -0.25) is 0 Å². The van der Waals surface area contributed by atoms with E-state index in [4.69, 9.17) is 0 Å². The van der Waals surface area contributed by atoms with E-state index in [1.807, 2.05) is 18.0 Å². The maximum atomic E-state index is 4.68. The van der Waals surface area contributed by atoms with E-state index in [0.29, 0.717) is 6.54 Å². The molecule has 0 bridgehead atoms. The molecule has 0 saturated carbocycles. The van der Waals surface area contributed by atoms with Crippen LogP contribution in [0.15, 0.2) is 23.3 Å². The Morgan fingerprint density at radius 2 is 2.04 bits per heavy atom. The zero-order valence-corrected chi connectivity index (χ0v) is 16.2. The van der Waals surface area contributed by atoms with Gasteiger partial charge >= 0.3 is 0 Å². The minimum atomic E-state index is 0.190. The molecule has 1 aromatic heterocycles. The van der Waals surface area contributed by atoms with Gasteiger partial charge in [0.05, 0.1) is 6.54 Å². The number of nitrogens with one attached hydrogen (secondary N) is 2. The molecule has 1 fully saturated rings. The number of nitrogens with zero attached hydrogens (tertiary/aromatic N) is 3. The Balaban J connectivity index is 1.92. The van der Waals surface area contributed by atoms with Gasteiger partial charge in [0.1, 0.15) is 5.82 Å². The lowest BCUT2D eigenvalue weighted by atomic mass is 10.2. The first-order valence-corrected chi connectivity index (χ1v) is 10.0.